The Morgan fingerprint density at radius 1 is 1.52 bits per heavy atom. The minimum absolute atomic E-state index is 0.127. The largest absolute Gasteiger partial charge is 0.496 e. The molecule has 0 saturated carbocycles. The topological polar surface area (TPSA) is 108 Å². The summed E-state index contributed by atoms with van der Waals surface area (Å²) in [5.41, 5.74) is 0.142. The number of primary sulfonamides is 1. The quantitative estimate of drug-likeness (QED) is 0.802. The maximum absolute atomic E-state index is 12.2. The molecule has 0 spiro atoms. The molecule has 1 saturated heterocycles. The van der Waals surface area contributed by atoms with Crippen LogP contribution in [-0.2, 0) is 14.8 Å². The Morgan fingerprint density at radius 3 is 2.86 bits per heavy atom. The molecule has 0 aromatic heterocycles. The summed E-state index contributed by atoms with van der Waals surface area (Å²) in [6.07, 6.45) is 0.897. The normalized spacial score (nSPS) is 18.5. The van der Waals surface area contributed by atoms with Gasteiger partial charge in [0.15, 0.2) is 0 Å². The van der Waals surface area contributed by atoms with Crippen molar-refractivity contribution >= 4 is 15.9 Å². The first kappa shape index (κ1) is 15.7. The predicted molar refractivity (Wildman–Crippen MR) is 75.6 cm³/mol. The van der Waals surface area contributed by atoms with Gasteiger partial charge in [0, 0.05) is 19.1 Å². The highest BCUT2D eigenvalue weighted by Gasteiger charge is 2.20. The number of methoxy groups -OCH3 is 1. The molecule has 0 aliphatic carbocycles. The molecule has 1 fully saturated rings. The third-order valence-corrected chi connectivity index (χ3v) is 4.23. The molecular weight excluding hydrogens is 296 g/mol. The molecule has 1 atom stereocenters. The minimum Gasteiger partial charge on any atom is -0.496 e. The molecule has 3 N–H and O–H groups in total. The number of nitrogens with one attached hydrogen (secondary N) is 1. The van der Waals surface area contributed by atoms with Crippen molar-refractivity contribution in [1.29, 1.82) is 0 Å². The minimum atomic E-state index is -3.87. The summed E-state index contributed by atoms with van der Waals surface area (Å²) < 4.78 is 33.0. The average Bonchev–Trinajstić information content (AvgIpc) is 2.96. The lowest BCUT2D eigenvalue weighted by molar-refractivity contribution is 0.0941. The number of hydrogen-bond donors (Lipinski definition) is 2. The van der Waals surface area contributed by atoms with Gasteiger partial charge in [0.05, 0.1) is 24.2 Å². The molecule has 2 rings (SSSR count). The van der Waals surface area contributed by atoms with Gasteiger partial charge in [0.1, 0.15) is 5.75 Å². The fraction of sp³-hybridized carbons (Fsp3) is 0.462. The van der Waals surface area contributed by atoms with E-state index in [1.54, 1.807) is 0 Å². The monoisotopic (exact) mass is 314 g/mol. The molecule has 0 radical (unpaired) electrons. The number of amides is 1. The Balaban J connectivity index is 2.17. The van der Waals surface area contributed by atoms with E-state index >= 15 is 0 Å². The van der Waals surface area contributed by atoms with E-state index in [0.717, 1.165) is 6.42 Å². The van der Waals surface area contributed by atoms with Crippen molar-refractivity contribution in [3.05, 3.63) is 23.8 Å². The molecule has 1 heterocycles. The lowest BCUT2D eigenvalue weighted by atomic mass is 10.1. The van der Waals surface area contributed by atoms with Crippen molar-refractivity contribution in [3.63, 3.8) is 0 Å². The second kappa shape index (κ2) is 6.42. The van der Waals surface area contributed by atoms with Crippen LogP contribution in [0.25, 0.3) is 0 Å². The zero-order chi connectivity index (χ0) is 15.5. The summed E-state index contributed by atoms with van der Waals surface area (Å²) in [4.78, 5) is 12.1. The van der Waals surface area contributed by atoms with Crippen molar-refractivity contribution in [3.8, 4) is 5.75 Å². The molecule has 1 aliphatic heterocycles. The van der Waals surface area contributed by atoms with Crippen LogP contribution in [0.4, 0.5) is 0 Å². The lowest BCUT2D eigenvalue weighted by Crippen LogP contribution is -2.30. The molecule has 7 nitrogen and oxygen atoms in total. The molecule has 21 heavy (non-hydrogen) atoms. The maximum Gasteiger partial charge on any atom is 0.255 e. The number of sulfonamides is 1. The van der Waals surface area contributed by atoms with Crippen molar-refractivity contribution < 1.29 is 22.7 Å². The SMILES string of the molecule is COc1ccc(S(N)(=O)=O)cc1C(=O)NC[C@@H]1CCOC1. The van der Waals surface area contributed by atoms with Crippen molar-refractivity contribution in [2.45, 2.75) is 11.3 Å². The fourth-order valence-corrected chi connectivity index (χ4v) is 2.66. The van der Waals surface area contributed by atoms with E-state index in [1.165, 1.54) is 25.3 Å². The van der Waals surface area contributed by atoms with Crippen LogP contribution in [-0.4, -0.2) is 41.2 Å². The number of benzene rings is 1. The van der Waals surface area contributed by atoms with Gasteiger partial charge in [-0.2, -0.15) is 0 Å². The van der Waals surface area contributed by atoms with Gasteiger partial charge in [-0.1, -0.05) is 0 Å². The number of ether oxygens (including phenoxy) is 2. The number of carbonyl (C=O) groups is 1. The molecule has 116 valence electrons. The smallest absolute Gasteiger partial charge is 0.255 e. The van der Waals surface area contributed by atoms with Gasteiger partial charge in [0.25, 0.3) is 5.91 Å². The number of hydrogen-bond acceptors (Lipinski definition) is 5. The van der Waals surface area contributed by atoms with Gasteiger partial charge in [0.2, 0.25) is 10.0 Å². The van der Waals surface area contributed by atoms with Gasteiger partial charge >= 0.3 is 0 Å². The predicted octanol–water partition coefficient (Wildman–Crippen LogP) is 0.109. The average molecular weight is 314 g/mol. The highest BCUT2D eigenvalue weighted by atomic mass is 32.2. The van der Waals surface area contributed by atoms with Crippen LogP contribution in [0.15, 0.2) is 23.1 Å². The summed E-state index contributed by atoms with van der Waals surface area (Å²) in [7, 11) is -2.46. The first-order valence-electron chi connectivity index (χ1n) is 6.48. The Bertz CT molecular complexity index is 623. The second-order valence-electron chi connectivity index (χ2n) is 4.85. The molecule has 1 aliphatic rings. The Kier molecular flexibility index (Phi) is 4.81. The van der Waals surface area contributed by atoms with Gasteiger partial charge in [-0.15, -0.1) is 0 Å². The summed E-state index contributed by atoms with van der Waals surface area (Å²) in [5, 5.41) is 7.83. The first-order valence-corrected chi connectivity index (χ1v) is 8.03. The van der Waals surface area contributed by atoms with E-state index in [1.807, 2.05) is 0 Å². The molecule has 0 unspecified atom stereocenters. The number of rotatable bonds is 5. The third-order valence-electron chi connectivity index (χ3n) is 3.32. The summed E-state index contributed by atoms with van der Waals surface area (Å²) >= 11 is 0. The standard InChI is InChI=1S/C13H18N2O5S/c1-19-12-3-2-10(21(14,17)18)6-11(12)13(16)15-7-9-4-5-20-8-9/h2-3,6,9H,4-5,7-8H2,1H3,(H,15,16)(H2,14,17,18)/t9-/m0/s1. The summed E-state index contributed by atoms with van der Waals surface area (Å²) in [6.45, 7) is 1.79. The molecule has 1 aromatic rings. The molecule has 0 bridgehead atoms. The van der Waals surface area contributed by atoms with Crippen LogP contribution in [0, 0.1) is 5.92 Å². The van der Waals surface area contributed by atoms with Crippen molar-refractivity contribution in [2.75, 3.05) is 26.9 Å². The van der Waals surface area contributed by atoms with E-state index in [0.29, 0.717) is 25.5 Å². The van der Waals surface area contributed by atoms with Crippen LogP contribution in [0.1, 0.15) is 16.8 Å². The second-order valence-corrected chi connectivity index (χ2v) is 6.41. The Labute approximate surface area is 123 Å². The third kappa shape index (κ3) is 3.93. The van der Waals surface area contributed by atoms with E-state index in [9.17, 15) is 13.2 Å². The molecule has 1 amide bonds. The Morgan fingerprint density at radius 2 is 2.29 bits per heavy atom. The number of nitrogens with two attached hydrogens (primary N) is 1. The zero-order valence-electron chi connectivity index (χ0n) is 11.7. The van der Waals surface area contributed by atoms with Crippen molar-refractivity contribution in [2.24, 2.45) is 11.1 Å². The van der Waals surface area contributed by atoms with E-state index in [2.05, 4.69) is 5.32 Å². The molecular formula is C13H18N2O5S. The summed E-state index contributed by atoms with van der Waals surface area (Å²) in [5.74, 6) is 0.174. The van der Waals surface area contributed by atoms with Crippen LogP contribution >= 0.6 is 0 Å². The lowest BCUT2D eigenvalue weighted by Gasteiger charge is -2.12. The maximum atomic E-state index is 12.2. The van der Waals surface area contributed by atoms with Gasteiger partial charge in [-0.05, 0) is 24.6 Å². The van der Waals surface area contributed by atoms with Gasteiger partial charge in [-0.3, -0.25) is 4.79 Å². The highest BCUT2D eigenvalue weighted by Crippen LogP contribution is 2.22. The zero-order valence-corrected chi connectivity index (χ0v) is 12.5. The van der Waals surface area contributed by atoms with Crippen LogP contribution in [0.5, 0.6) is 5.75 Å². The first-order chi connectivity index (χ1) is 9.91. The molecule has 8 heteroatoms. The van der Waals surface area contributed by atoms with Crippen LogP contribution in [0.3, 0.4) is 0 Å². The van der Waals surface area contributed by atoms with Crippen LogP contribution < -0.4 is 15.2 Å². The Hall–Kier alpha value is -1.64. The van der Waals surface area contributed by atoms with E-state index in [4.69, 9.17) is 14.6 Å². The molecule has 1 aromatic carbocycles. The van der Waals surface area contributed by atoms with Crippen LogP contribution in [0.2, 0.25) is 0 Å². The van der Waals surface area contributed by atoms with Gasteiger partial charge < -0.3 is 14.8 Å². The highest BCUT2D eigenvalue weighted by molar-refractivity contribution is 7.89. The van der Waals surface area contributed by atoms with Gasteiger partial charge in [-0.25, -0.2) is 13.6 Å². The fourth-order valence-electron chi connectivity index (χ4n) is 2.12. The van der Waals surface area contributed by atoms with Crippen molar-refractivity contribution in [1.82, 2.24) is 5.32 Å². The number of carbonyl (C=O) groups excluding carboxylic acids is 1. The van der Waals surface area contributed by atoms with E-state index in [-0.39, 0.29) is 16.4 Å². The summed E-state index contributed by atoms with van der Waals surface area (Å²) in [6, 6.07) is 3.93. The van der Waals surface area contributed by atoms with E-state index < -0.39 is 15.9 Å².